The van der Waals surface area contributed by atoms with E-state index in [1.165, 1.54) is 23.7 Å². The van der Waals surface area contributed by atoms with Crippen molar-refractivity contribution in [3.8, 4) is 11.3 Å². The van der Waals surface area contributed by atoms with Crippen molar-refractivity contribution in [3.05, 3.63) is 69.8 Å². The van der Waals surface area contributed by atoms with Gasteiger partial charge in [-0.2, -0.15) is 4.37 Å². The summed E-state index contributed by atoms with van der Waals surface area (Å²) in [7, 11) is 0. The SMILES string of the molecule is O=C1C[C@@H](c2cccc(Cl)c2)c2snc(-c3cccc(F)c3)c2N1. The van der Waals surface area contributed by atoms with E-state index >= 15 is 0 Å². The molecule has 0 radical (unpaired) electrons. The molecule has 0 bridgehead atoms. The Kier molecular flexibility index (Phi) is 3.82. The van der Waals surface area contributed by atoms with Crippen LogP contribution in [0.2, 0.25) is 5.02 Å². The summed E-state index contributed by atoms with van der Waals surface area (Å²) in [5.74, 6) is -0.500. The first-order valence-corrected chi connectivity index (χ1v) is 8.58. The maximum Gasteiger partial charge on any atom is 0.225 e. The van der Waals surface area contributed by atoms with Crippen LogP contribution in [0.25, 0.3) is 11.3 Å². The van der Waals surface area contributed by atoms with Crippen LogP contribution in [0.4, 0.5) is 10.1 Å². The molecule has 0 saturated carbocycles. The van der Waals surface area contributed by atoms with E-state index in [1.807, 2.05) is 18.2 Å². The minimum absolute atomic E-state index is 0.0784. The van der Waals surface area contributed by atoms with E-state index in [4.69, 9.17) is 11.6 Å². The Bertz CT molecular complexity index is 940. The third-order valence-corrected chi connectivity index (χ3v) is 5.23. The number of hydrogen-bond acceptors (Lipinski definition) is 3. The first-order chi connectivity index (χ1) is 11.6. The topological polar surface area (TPSA) is 42.0 Å². The van der Waals surface area contributed by atoms with Crippen LogP contribution in [-0.2, 0) is 4.79 Å². The lowest BCUT2D eigenvalue weighted by Gasteiger charge is -2.23. The molecule has 0 unspecified atom stereocenters. The molecule has 1 aromatic heterocycles. The number of anilines is 1. The van der Waals surface area contributed by atoms with Crippen molar-refractivity contribution in [1.82, 2.24) is 4.37 Å². The van der Waals surface area contributed by atoms with Crippen LogP contribution < -0.4 is 5.32 Å². The third-order valence-electron chi connectivity index (χ3n) is 4.04. The van der Waals surface area contributed by atoms with Crippen LogP contribution >= 0.6 is 23.1 Å². The van der Waals surface area contributed by atoms with Gasteiger partial charge in [-0.3, -0.25) is 4.79 Å². The predicted molar refractivity (Wildman–Crippen MR) is 94.0 cm³/mol. The Morgan fingerprint density at radius 1 is 1.21 bits per heavy atom. The molecule has 3 nitrogen and oxygen atoms in total. The summed E-state index contributed by atoms with van der Waals surface area (Å²) in [5.41, 5.74) is 2.91. The smallest absolute Gasteiger partial charge is 0.225 e. The fourth-order valence-corrected chi connectivity index (χ4v) is 4.13. The maximum atomic E-state index is 13.5. The highest BCUT2D eigenvalue weighted by atomic mass is 35.5. The summed E-state index contributed by atoms with van der Waals surface area (Å²) in [5, 5.41) is 3.53. The molecule has 1 aliphatic heterocycles. The normalized spacial score (nSPS) is 16.6. The van der Waals surface area contributed by atoms with Crippen molar-refractivity contribution >= 4 is 34.7 Å². The summed E-state index contributed by atoms with van der Waals surface area (Å²) < 4.78 is 18.0. The van der Waals surface area contributed by atoms with Gasteiger partial charge < -0.3 is 5.32 Å². The zero-order chi connectivity index (χ0) is 16.7. The molecule has 1 atom stereocenters. The largest absolute Gasteiger partial charge is 0.323 e. The molecule has 4 rings (SSSR count). The van der Waals surface area contributed by atoms with E-state index in [0.717, 1.165) is 10.4 Å². The lowest BCUT2D eigenvalue weighted by molar-refractivity contribution is -0.116. The number of nitrogens with zero attached hydrogens (tertiary/aromatic N) is 1. The molecule has 3 aromatic rings. The number of rotatable bonds is 2. The first-order valence-electron chi connectivity index (χ1n) is 7.42. The van der Waals surface area contributed by atoms with Crippen LogP contribution in [0.15, 0.2) is 48.5 Å². The molecule has 6 heteroatoms. The fourth-order valence-electron chi connectivity index (χ4n) is 2.96. The van der Waals surface area contributed by atoms with E-state index in [1.54, 1.807) is 18.2 Å². The van der Waals surface area contributed by atoms with E-state index in [-0.39, 0.29) is 17.6 Å². The Balaban J connectivity index is 1.83. The van der Waals surface area contributed by atoms with Crippen molar-refractivity contribution < 1.29 is 9.18 Å². The second kappa shape index (κ2) is 6.00. The Labute approximate surface area is 147 Å². The lowest BCUT2D eigenvalue weighted by atomic mass is 9.89. The average molecular weight is 359 g/mol. The standard InChI is InChI=1S/C18H12ClFN2OS/c19-12-5-1-3-10(7-12)14-9-15(23)21-17-16(22-24-18(14)17)11-4-2-6-13(20)8-11/h1-8,14H,9H2,(H,21,23)/t14-/m0/s1. The maximum absolute atomic E-state index is 13.5. The number of nitrogens with one attached hydrogen (secondary N) is 1. The molecule has 1 aliphatic rings. The molecule has 120 valence electrons. The van der Waals surface area contributed by atoms with Crippen molar-refractivity contribution in [1.29, 1.82) is 0 Å². The van der Waals surface area contributed by atoms with Crippen LogP contribution in [0, 0.1) is 5.82 Å². The highest BCUT2D eigenvalue weighted by molar-refractivity contribution is 7.07. The summed E-state index contributed by atoms with van der Waals surface area (Å²) >= 11 is 7.42. The van der Waals surface area contributed by atoms with Crippen LogP contribution in [0.5, 0.6) is 0 Å². The Hall–Kier alpha value is -2.24. The van der Waals surface area contributed by atoms with Crippen LogP contribution in [-0.4, -0.2) is 10.3 Å². The number of amides is 1. The molecule has 0 aliphatic carbocycles. The van der Waals surface area contributed by atoms with Crippen molar-refractivity contribution in [2.45, 2.75) is 12.3 Å². The number of aromatic nitrogens is 1. The molecule has 2 heterocycles. The molecule has 2 aromatic carbocycles. The van der Waals surface area contributed by atoms with E-state index in [9.17, 15) is 9.18 Å². The summed E-state index contributed by atoms with van der Waals surface area (Å²) in [6.07, 6.45) is 0.345. The lowest BCUT2D eigenvalue weighted by Crippen LogP contribution is -2.22. The van der Waals surface area contributed by atoms with Gasteiger partial charge in [0.1, 0.15) is 11.5 Å². The monoisotopic (exact) mass is 358 g/mol. The zero-order valence-corrected chi connectivity index (χ0v) is 14.0. The number of benzene rings is 2. The highest BCUT2D eigenvalue weighted by Gasteiger charge is 2.31. The number of carbonyl (C=O) groups is 1. The van der Waals surface area contributed by atoms with Gasteiger partial charge in [0.15, 0.2) is 0 Å². The molecule has 0 spiro atoms. The van der Waals surface area contributed by atoms with Gasteiger partial charge in [0, 0.05) is 22.9 Å². The van der Waals surface area contributed by atoms with Gasteiger partial charge in [0.25, 0.3) is 0 Å². The summed E-state index contributed by atoms with van der Waals surface area (Å²) in [6, 6.07) is 13.7. The van der Waals surface area contributed by atoms with Gasteiger partial charge in [-0.1, -0.05) is 35.9 Å². The number of carbonyl (C=O) groups excluding carboxylic acids is 1. The molecule has 0 saturated heterocycles. The Morgan fingerprint density at radius 3 is 2.83 bits per heavy atom. The van der Waals surface area contributed by atoms with E-state index in [2.05, 4.69) is 9.69 Å². The van der Waals surface area contributed by atoms with Crippen molar-refractivity contribution in [2.75, 3.05) is 5.32 Å². The number of fused-ring (bicyclic) bond motifs is 1. The van der Waals surface area contributed by atoms with Crippen molar-refractivity contribution in [3.63, 3.8) is 0 Å². The predicted octanol–water partition coefficient (Wildman–Crippen LogP) is 5.08. The van der Waals surface area contributed by atoms with Crippen LogP contribution in [0.1, 0.15) is 22.8 Å². The van der Waals surface area contributed by atoms with Gasteiger partial charge in [-0.15, -0.1) is 0 Å². The molecule has 24 heavy (non-hydrogen) atoms. The highest BCUT2D eigenvalue weighted by Crippen LogP contribution is 2.45. The van der Waals surface area contributed by atoms with Gasteiger partial charge in [0.2, 0.25) is 5.91 Å². The van der Waals surface area contributed by atoms with Gasteiger partial charge in [-0.05, 0) is 41.4 Å². The summed E-state index contributed by atoms with van der Waals surface area (Å²) in [4.78, 5) is 13.2. The second-order valence-electron chi connectivity index (χ2n) is 5.64. The Morgan fingerprint density at radius 2 is 2.04 bits per heavy atom. The number of halogens is 2. The van der Waals surface area contributed by atoms with Gasteiger partial charge in [0.05, 0.1) is 10.6 Å². The van der Waals surface area contributed by atoms with Crippen molar-refractivity contribution in [2.24, 2.45) is 0 Å². The molecular formula is C18H12ClFN2OS. The summed E-state index contributed by atoms with van der Waals surface area (Å²) in [6.45, 7) is 0. The minimum atomic E-state index is -0.331. The molecule has 1 N–H and O–H groups in total. The average Bonchev–Trinajstić information content (AvgIpc) is 2.97. The fraction of sp³-hybridized carbons (Fsp3) is 0.111. The molecule has 1 amide bonds. The minimum Gasteiger partial charge on any atom is -0.323 e. The first kappa shape index (κ1) is 15.3. The quantitative estimate of drug-likeness (QED) is 0.694. The van der Waals surface area contributed by atoms with Crippen LogP contribution in [0.3, 0.4) is 0 Å². The van der Waals surface area contributed by atoms with Gasteiger partial charge in [-0.25, -0.2) is 4.39 Å². The van der Waals surface area contributed by atoms with E-state index in [0.29, 0.717) is 28.4 Å². The second-order valence-corrected chi connectivity index (χ2v) is 6.88. The third kappa shape index (κ3) is 2.70. The molecule has 0 fully saturated rings. The molecular weight excluding hydrogens is 347 g/mol. The zero-order valence-electron chi connectivity index (χ0n) is 12.4. The van der Waals surface area contributed by atoms with E-state index < -0.39 is 0 Å². The van der Waals surface area contributed by atoms with Gasteiger partial charge >= 0.3 is 0 Å². The number of hydrogen-bond donors (Lipinski definition) is 1.